The summed E-state index contributed by atoms with van der Waals surface area (Å²) in [4.78, 5) is 25.8. The first kappa shape index (κ1) is 18.5. The molecule has 2 aromatic carbocycles. The lowest BCUT2D eigenvalue weighted by Crippen LogP contribution is -2.23. The predicted octanol–water partition coefficient (Wildman–Crippen LogP) is 3.48. The van der Waals surface area contributed by atoms with Crippen molar-refractivity contribution >= 4 is 29.3 Å². The summed E-state index contributed by atoms with van der Waals surface area (Å²) in [6.07, 6.45) is 4.59. The van der Waals surface area contributed by atoms with E-state index in [4.69, 9.17) is 9.47 Å². The highest BCUT2D eigenvalue weighted by Gasteiger charge is 2.21. The number of nitrogens with zero attached hydrogens (tertiary/aromatic N) is 1. The molecule has 1 aliphatic heterocycles. The molecular weight excluding hydrogens is 344 g/mol. The molecule has 0 aromatic heterocycles. The number of methoxy groups -OCH3 is 2. The van der Waals surface area contributed by atoms with Gasteiger partial charge in [-0.1, -0.05) is 12.1 Å². The summed E-state index contributed by atoms with van der Waals surface area (Å²) < 4.78 is 10.5. The lowest BCUT2D eigenvalue weighted by Gasteiger charge is -2.16. The van der Waals surface area contributed by atoms with Crippen molar-refractivity contribution in [3.05, 3.63) is 54.1 Å². The highest BCUT2D eigenvalue weighted by atomic mass is 16.5. The van der Waals surface area contributed by atoms with E-state index in [1.165, 1.54) is 6.08 Å². The third-order valence-corrected chi connectivity index (χ3v) is 4.33. The summed E-state index contributed by atoms with van der Waals surface area (Å²) in [6.45, 7) is 0.718. The van der Waals surface area contributed by atoms with Gasteiger partial charge in [-0.3, -0.25) is 9.59 Å². The van der Waals surface area contributed by atoms with Crippen LogP contribution in [0.4, 0.5) is 11.4 Å². The second-order valence-electron chi connectivity index (χ2n) is 6.14. The largest absolute Gasteiger partial charge is 0.493 e. The number of rotatable bonds is 6. The maximum Gasteiger partial charge on any atom is 0.248 e. The SMILES string of the molecule is COc1ccc(/C=C/C(=O)Nc2cccc(N3CCCC3=O)c2)cc1OC. The van der Waals surface area contributed by atoms with Crippen LogP contribution in [0.25, 0.3) is 6.08 Å². The fourth-order valence-electron chi connectivity index (χ4n) is 2.99. The Morgan fingerprint density at radius 2 is 1.93 bits per heavy atom. The van der Waals surface area contributed by atoms with Crippen molar-refractivity contribution in [2.45, 2.75) is 12.8 Å². The molecule has 0 unspecified atom stereocenters. The summed E-state index contributed by atoms with van der Waals surface area (Å²) >= 11 is 0. The highest BCUT2D eigenvalue weighted by molar-refractivity contribution is 6.02. The molecule has 1 N–H and O–H groups in total. The van der Waals surface area contributed by atoms with Crippen LogP contribution in [-0.4, -0.2) is 32.6 Å². The lowest BCUT2D eigenvalue weighted by molar-refractivity contribution is -0.117. The Balaban J connectivity index is 1.67. The molecule has 3 rings (SSSR count). The smallest absolute Gasteiger partial charge is 0.248 e. The molecule has 1 aliphatic rings. The number of ether oxygens (including phenoxy) is 2. The molecule has 0 radical (unpaired) electrons. The molecular formula is C21H22N2O4. The number of carbonyl (C=O) groups excluding carboxylic acids is 2. The molecule has 6 nitrogen and oxygen atoms in total. The van der Waals surface area contributed by atoms with Gasteiger partial charge in [0.15, 0.2) is 11.5 Å². The summed E-state index contributed by atoms with van der Waals surface area (Å²) in [5, 5.41) is 2.82. The maximum atomic E-state index is 12.2. The van der Waals surface area contributed by atoms with Crippen molar-refractivity contribution in [1.29, 1.82) is 0 Å². The van der Waals surface area contributed by atoms with Crippen LogP contribution in [0, 0.1) is 0 Å². The maximum absolute atomic E-state index is 12.2. The van der Waals surface area contributed by atoms with Crippen LogP contribution in [0.15, 0.2) is 48.5 Å². The molecule has 6 heteroatoms. The zero-order chi connectivity index (χ0) is 19.2. The van der Waals surface area contributed by atoms with Crippen molar-refractivity contribution < 1.29 is 19.1 Å². The van der Waals surface area contributed by atoms with Crippen LogP contribution in [0.1, 0.15) is 18.4 Å². The number of carbonyl (C=O) groups is 2. The van der Waals surface area contributed by atoms with Crippen LogP contribution >= 0.6 is 0 Å². The van der Waals surface area contributed by atoms with Gasteiger partial charge in [0.05, 0.1) is 14.2 Å². The molecule has 140 valence electrons. The van der Waals surface area contributed by atoms with E-state index in [0.717, 1.165) is 24.2 Å². The van der Waals surface area contributed by atoms with Gasteiger partial charge in [-0.15, -0.1) is 0 Å². The Morgan fingerprint density at radius 3 is 2.63 bits per heavy atom. The number of nitrogens with one attached hydrogen (secondary N) is 1. The zero-order valence-corrected chi connectivity index (χ0v) is 15.4. The molecule has 2 aromatic rings. The molecule has 0 atom stereocenters. The third-order valence-electron chi connectivity index (χ3n) is 4.33. The quantitative estimate of drug-likeness (QED) is 0.795. The summed E-state index contributed by atoms with van der Waals surface area (Å²) in [6, 6.07) is 12.7. The van der Waals surface area contributed by atoms with Gasteiger partial charge in [-0.25, -0.2) is 0 Å². The first-order valence-electron chi connectivity index (χ1n) is 8.72. The van der Waals surface area contributed by atoms with Crippen LogP contribution in [-0.2, 0) is 9.59 Å². The van der Waals surface area contributed by atoms with E-state index in [2.05, 4.69) is 5.32 Å². The zero-order valence-electron chi connectivity index (χ0n) is 15.4. The minimum atomic E-state index is -0.255. The lowest BCUT2D eigenvalue weighted by atomic mass is 10.2. The molecule has 0 bridgehead atoms. The molecule has 0 aliphatic carbocycles. The molecule has 0 saturated carbocycles. The molecule has 0 spiro atoms. The van der Waals surface area contributed by atoms with Crippen molar-refractivity contribution in [1.82, 2.24) is 0 Å². The minimum Gasteiger partial charge on any atom is -0.493 e. The van der Waals surface area contributed by atoms with E-state index in [0.29, 0.717) is 23.6 Å². The van der Waals surface area contributed by atoms with Crippen LogP contribution in [0.5, 0.6) is 11.5 Å². The molecule has 1 saturated heterocycles. The van der Waals surface area contributed by atoms with E-state index in [9.17, 15) is 9.59 Å². The second-order valence-corrected chi connectivity index (χ2v) is 6.14. The standard InChI is InChI=1S/C21H22N2O4/c1-26-18-10-8-15(13-19(18)27-2)9-11-20(24)22-16-5-3-6-17(14-16)23-12-4-7-21(23)25/h3,5-6,8-11,13-14H,4,7,12H2,1-2H3,(H,22,24)/b11-9+. The minimum absolute atomic E-state index is 0.117. The molecule has 1 fully saturated rings. The number of hydrogen-bond donors (Lipinski definition) is 1. The molecule has 1 heterocycles. The topological polar surface area (TPSA) is 67.9 Å². The van der Waals surface area contributed by atoms with E-state index in [1.54, 1.807) is 43.4 Å². The van der Waals surface area contributed by atoms with Gasteiger partial charge in [0.2, 0.25) is 11.8 Å². The first-order valence-corrected chi connectivity index (χ1v) is 8.72. The summed E-state index contributed by atoms with van der Waals surface area (Å²) in [5.74, 6) is 1.09. The number of anilines is 2. The van der Waals surface area contributed by atoms with Crippen LogP contribution in [0.3, 0.4) is 0 Å². The molecule has 2 amide bonds. The average Bonchev–Trinajstić information content (AvgIpc) is 3.12. The van der Waals surface area contributed by atoms with Gasteiger partial charge in [-0.05, 0) is 48.4 Å². The van der Waals surface area contributed by atoms with Crippen LogP contribution < -0.4 is 19.7 Å². The fraction of sp³-hybridized carbons (Fsp3) is 0.238. The highest BCUT2D eigenvalue weighted by Crippen LogP contribution is 2.28. The second kappa shape index (κ2) is 8.40. The van der Waals surface area contributed by atoms with Gasteiger partial charge in [0.25, 0.3) is 0 Å². The number of benzene rings is 2. The van der Waals surface area contributed by atoms with Crippen molar-refractivity contribution in [2.75, 3.05) is 31.0 Å². The van der Waals surface area contributed by atoms with Gasteiger partial charge < -0.3 is 19.7 Å². The fourth-order valence-corrected chi connectivity index (χ4v) is 2.99. The third kappa shape index (κ3) is 4.47. The van der Waals surface area contributed by atoms with Crippen molar-refractivity contribution in [3.63, 3.8) is 0 Å². The van der Waals surface area contributed by atoms with Crippen molar-refractivity contribution in [3.8, 4) is 11.5 Å². The number of hydrogen-bond acceptors (Lipinski definition) is 4. The van der Waals surface area contributed by atoms with Crippen molar-refractivity contribution in [2.24, 2.45) is 0 Å². The Labute approximate surface area is 158 Å². The van der Waals surface area contributed by atoms with Gasteiger partial charge in [0, 0.05) is 30.4 Å². The Bertz CT molecular complexity index is 876. The number of amides is 2. The van der Waals surface area contributed by atoms with Crippen LogP contribution in [0.2, 0.25) is 0 Å². The summed E-state index contributed by atoms with van der Waals surface area (Å²) in [7, 11) is 3.14. The monoisotopic (exact) mass is 366 g/mol. The van der Waals surface area contributed by atoms with Gasteiger partial charge >= 0.3 is 0 Å². The normalized spacial score (nSPS) is 13.9. The van der Waals surface area contributed by atoms with Gasteiger partial charge in [-0.2, -0.15) is 0 Å². The van der Waals surface area contributed by atoms with Gasteiger partial charge in [0.1, 0.15) is 0 Å². The summed E-state index contributed by atoms with van der Waals surface area (Å²) in [5.41, 5.74) is 2.27. The average molecular weight is 366 g/mol. The Kier molecular flexibility index (Phi) is 5.76. The first-order chi connectivity index (χ1) is 13.1. The van der Waals surface area contributed by atoms with E-state index >= 15 is 0 Å². The van der Waals surface area contributed by atoms with E-state index in [-0.39, 0.29) is 11.8 Å². The Hall–Kier alpha value is -3.28. The van der Waals surface area contributed by atoms with E-state index < -0.39 is 0 Å². The molecule has 27 heavy (non-hydrogen) atoms. The van der Waals surface area contributed by atoms with E-state index in [1.807, 2.05) is 24.3 Å². The predicted molar refractivity (Wildman–Crippen MR) is 105 cm³/mol. The Morgan fingerprint density at radius 1 is 1.11 bits per heavy atom.